The third-order valence-electron chi connectivity index (χ3n) is 4.73. The summed E-state index contributed by atoms with van der Waals surface area (Å²) in [6, 6.07) is 1.05. The van der Waals surface area contributed by atoms with Gasteiger partial charge in [-0.1, -0.05) is 6.08 Å². The molecule has 2 unspecified atom stereocenters. The molecule has 0 aromatic heterocycles. The Bertz CT molecular complexity index is 391. The van der Waals surface area contributed by atoms with Crippen LogP contribution in [-0.2, 0) is 0 Å². The van der Waals surface area contributed by atoms with Gasteiger partial charge in [-0.3, -0.25) is 9.89 Å². The molecule has 3 rings (SSSR count). The van der Waals surface area contributed by atoms with Crippen molar-refractivity contribution in [1.29, 1.82) is 0 Å². The summed E-state index contributed by atoms with van der Waals surface area (Å²) in [6.45, 7) is 6.87. The van der Waals surface area contributed by atoms with Crippen molar-refractivity contribution >= 4 is 5.71 Å². The summed E-state index contributed by atoms with van der Waals surface area (Å²) in [7, 11) is 0. The molecular formula is C15H24N2O. The van der Waals surface area contributed by atoms with Crippen LogP contribution in [0.25, 0.3) is 0 Å². The Morgan fingerprint density at radius 2 is 1.89 bits per heavy atom. The molecule has 3 heteroatoms. The standard InChI is InChI=1S/C15H24N2O/c1-14(2,3)17-11-6-7-12(17)10-15(18,9-11)13-5-4-8-16-13/h4,8,11-12,18H,5-7,9-10H2,1-3H3/t11-,12?,15?/m1/s1. The Labute approximate surface area is 110 Å². The molecule has 0 spiro atoms. The van der Waals surface area contributed by atoms with Crippen LogP contribution in [0.2, 0.25) is 0 Å². The van der Waals surface area contributed by atoms with Crippen LogP contribution in [-0.4, -0.2) is 38.9 Å². The SMILES string of the molecule is CC(C)(C)N1C2CC[C@@H]1CC(O)(C1=NC=CC1)C2. The molecule has 2 bridgehead atoms. The molecule has 3 aliphatic rings. The van der Waals surface area contributed by atoms with Crippen LogP contribution in [0.3, 0.4) is 0 Å². The van der Waals surface area contributed by atoms with Gasteiger partial charge in [-0.2, -0.15) is 0 Å². The Morgan fingerprint density at radius 3 is 2.33 bits per heavy atom. The van der Waals surface area contributed by atoms with Gasteiger partial charge in [-0.25, -0.2) is 0 Å². The molecule has 1 N–H and O–H groups in total. The summed E-state index contributed by atoms with van der Waals surface area (Å²) < 4.78 is 0. The summed E-state index contributed by atoms with van der Waals surface area (Å²) in [5.74, 6) is 0. The van der Waals surface area contributed by atoms with Gasteiger partial charge in [-0.15, -0.1) is 0 Å². The normalized spacial score (nSPS) is 40.3. The van der Waals surface area contributed by atoms with E-state index in [1.54, 1.807) is 0 Å². The van der Waals surface area contributed by atoms with Gasteiger partial charge in [0, 0.05) is 30.2 Å². The predicted molar refractivity (Wildman–Crippen MR) is 73.8 cm³/mol. The lowest BCUT2D eigenvalue weighted by molar-refractivity contribution is -0.0417. The van der Waals surface area contributed by atoms with E-state index in [2.05, 4.69) is 30.7 Å². The number of nitrogens with zero attached hydrogens (tertiary/aromatic N) is 2. The lowest BCUT2D eigenvalue weighted by Gasteiger charge is -2.49. The number of aliphatic imine (C=N–C) groups is 1. The Hall–Kier alpha value is -0.670. The molecule has 18 heavy (non-hydrogen) atoms. The Morgan fingerprint density at radius 1 is 1.28 bits per heavy atom. The summed E-state index contributed by atoms with van der Waals surface area (Å²) in [6.07, 6.45) is 8.90. The van der Waals surface area contributed by atoms with Crippen molar-refractivity contribution in [3.63, 3.8) is 0 Å². The van der Waals surface area contributed by atoms with Crippen LogP contribution >= 0.6 is 0 Å². The first-order valence-electron chi connectivity index (χ1n) is 7.13. The molecule has 0 aromatic rings. The quantitative estimate of drug-likeness (QED) is 0.774. The van der Waals surface area contributed by atoms with Crippen molar-refractivity contribution in [2.75, 3.05) is 0 Å². The topological polar surface area (TPSA) is 35.8 Å². The lowest BCUT2D eigenvalue weighted by atomic mass is 9.79. The van der Waals surface area contributed by atoms with E-state index in [-0.39, 0.29) is 5.54 Å². The second-order valence-corrected chi connectivity index (χ2v) is 7.07. The van der Waals surface area contributed by atoms with E-state index in [1.807, 2.05) is 12.3 Å². The van der Waals surface area contributed by atoms with Crippen LogP contribution in [0.4, 0.5) is 0 Å². The van der Waals surface area contributed by atoms with Crippen LogP contribution in [0.1, 0.15) is 52.9 Å². The predicted octanol–water partition coefficient (Wildman–Crippen LogP) is 2.50. The van der Waals surface area contributed by atoms with Crippen molar-refractivity contribution in [2.24, 2.45) is 4.99 Å². The fourth-order valence-corrected chi connectivity index (χ4v) is 4.23. The van der Waals surface area contributed by atoms with Gasteiger partial charge < -0.3 is 5.11 Å². The molecular weight excluding hydrogens is 224 g/mol. The maximum Gasteiger partial charge on any atom is 0.106 e. The van der Waals surface area contributed by atoms with Gasteiger partial charge in [0.2, 0.25) is 0 Å². The van der Waals surface area contributed by atoms with E-state index >= 15 is 0 Å². The number of aliphatic hydroxyl groups is 1. The molecule has 2 saturated heterocycles. The van der Waals surface area contributed by atoms with Crippen molar-refractivity contribution in [3.05, 3.63) is 12.3 Å². The average molecular weight is 248 g/mol. The van der Waals surface area contributed by atoms with Crippen LogP contribution in [0, 0.1) is 0 Å². The van der Waals surface area contributed by atoms with Gasteiger partial charge in [0.05, 0.1) is 5.71 Å². The minimum absolute atomic E-state index is 0.211. The number of piperidine rings is 1. The highest BCUT2D eigenvalue weighted by molar-refractivity contribution is 5.95. The smallest absolute Gasteiger partial charge is 0.106 e. The van der Waals surface area contributed by atoms with E-state index in [4.69, 9.17) is 0 Å². The zero-order valence-electron chi connectivity index (χ0n) is 11.7. The highest BCUT2D eigenvalue weighted by atomic mass is 16.3. The Kier molecular flexibility index (Phi) is 2.69. The van der Waals surface area contributed by atoms with Crippen LogP contribution in [0.15, 0.2) is 17.3 Å². The van der Waals surface area contributed by atoms with Crippen molar-refractivity contribution < 1.29 is 5.11 Å². The van der Waals surface area contributed by atoms with Gasteiger partial charge in [-0.05, 0) is 46.5 Å². The van der Waals surface area contributed by atoms with Gasteiger partial charge in [0.15, 0.2) is 0 Å². The number of allylic oxidation sites excluding steroid dienone is 1. The van der Waals surface area contributed by atoms with Crippen molar-refractivity contribution in [3.8, 4) is 0 Å². The first kappa shape index (κ1) is 12.4. The molecule has 100 valence electrons. The van der Waals surface area contributed by atoms with Crippen LogP contribution < -0.4 is 0 Å². The highest BCUT2D eigenvalue weighted by Gasteiger charge is 2.52. The molecule has 3 aliphatic heterocycles. The van der Waals surface area contributed by atoms with Crippen molar-refractivity contribution in [1.82, 2.24) is 4.90 Å². The van der Waals surface area contributed by atoms with E-state index < -0.39 is 5.60 Å². The van der Waals surface area contributed by atoms with Gasteiger partial charge >= 0.3 is 0 Å². The van der Waals surface area contributed by atoms with E-state index in [0.29, 0.717) is 12.1 Å². The van der Waals surface area contributed by atoms with Gasteiger partial charge in [0.25, 0.3) is 0 Å². The first-order valence-corrected chi connectivity index (χ1v) is 7.13. The first-order chi connectivity index (χ1) is 8.40. The number of hydrogen-bond acceptors (Lipinski definition) is 3. The minimum Gasteiger partial charge on any atom is -0.384 e. The van der Waals surface area contributed by atoms with E-state index in [9.17, 15) is 5.11 Å². The number of hydrogen-bond donors (Lipinski definition) is 1. The number of rotatable bonds is 1. The molecule has 2 fully saturated rings. The maximum absolute atomic E-state index is 10.9. The molecule has 0 aromatic carbocycles. The zero-order chi connectivity index (χ0) is 13.0. The molecule has 3 nitrogen and oxygen atoms in total. The number of fused-ring (bicyclic) bond motifs is 2. The third kappa shape index (κ3) is 1.84. The van der Waals surface area contributed by atoms with Crippen molar-refractivity contribution in [2.45, 2.75) is 76.1 Å². The molecule has 0 amide bonds. The highest BCUT2D eigenvalue weighted by Crippen LogP contribution is 2.45. The summed E-state index contributed by atoms with van der Waals surface area (Å²) in [5, 5.41) is 10.9. The summed E-state index contributed by atoms with van der Waals surface area (Å²) in [5.41, 5.74) is 0.563. The molecule has 3 atom stereocenters. The molecule has 3 heterocycles. The molecule has 0 saturated carbocycles. The van der Waals surface area contributed by atoms with Crippen LogP contribution in [0.5, 0.6) is 0 Å². The van der Waals surface area contributed by atoms with E-state index in [1.165, 1.54) is 12.8 Å². The second-order valence-electron chi connectivity index (χ2n) is 7.07. The van der Waals surface area contributed by atoms with Gasteiger partial charge in [0.1, 0.15) is 5.60 Å². The fraction of sp³-hybridized carbons (Fsp3) is 0.800. The average Bonchev–Trinajstić information content (AvgIpc) is 2.85. The van der Waals surface area contributed by atoms with E-state index in [0.717, 1.165) is 25.0 Å². The monoisotopic (exact) mass is 248 g/mol. The largest absolute Gasteiger partial charge is 0.384 e. The summed E-state index contributed by atoms with van der Waals surface area (Å²) in [4.78, 5) is 7.01. The lowest BCUT2D eigenvalue weighted by Crippen LogP contribution is -2.59. The molecule has 0 radical (unpaired) electrons. The molecule has 0 aliphatic carbocycles. The zero-order valence-corrected chi connectivity index (χ0v) is 11.7. The Balaban J connectivity index is 1.83. The second kappa shape index (κ2) is 3.91. The summed E-state index contributed by atoms with van der Waals surface area (Å²) >= 11 is 0. The maximum atomic E-state index is 10.9. The third-order valence-corrected chi connectivity index (χ3v) is 4.73. The minimum atomic E-state index is -0.642. The fourth-order valence-electron chi connectivity index (χ4n) is 4.23.